The van der Waals surface area contributed by atoms with Crippen molar-refractivity contribution in [1.82, 2.24) is 10.3 Å². The van der Waals surface area contributed by atoms with E-state index in [9.17, 15) is 13.6 Å². The second-order valence-corrected chi connectivity index (χ2v) is 4.24. The fourth-order valence-electron chi connectivity index (χ4n) is 2.09. The summed E-state index contributed by atoms with van der Waals surface area (Å²) < 4.78 is 31.7. The number of benzene rings is 1. The Labute approximate surface area is 101 Å². The standard InChI is InChI=1S/C12H10F2N2O2/c13-12(14)6-18-11(17)16-10(12)8-1-2-9-7(5-8)3-4-15-9/h1-5,10,15H,6H2,(H,16,17)/t10-/m0/s1. The maximum atomic E-state index is 13.7. The van der Waals surface area contributed by atoms with Gasteiger partial charge in [-0.25, -0.2) is 13.6 Å². The summed E-state index contributed by atoms with van der Waals surface area (Å²) >= 11 is 0. The number of fused-ring (bicyclic) bond motifs is 1. The molecule has 2 heterocycles. The Kier molecular flexibility index (Phi) is 2.26. The maximum absolute atomic E-state index is 13.7. The normalized spacial score (nSPS) is 22.6. The molecule has 1 amide bonds. The number of halogens is 2. The molecule has 4 nitrogen and oxygen atoms in total. The topological polar surface area (TPSA) is 54.1 Å². The van der Waals surface area contributed by atoms with Gasteiger partial charge in [-0.1, -0.05) is 6.07 Å². The van der Waals surface area contributed by atoms with Crippen molar-refractivity contribution in [3.63, 3.8) is 0 Å². The SMILES string of the molecule is O=C1N[C@@H](c2ccc3[nH]ccc3c2)C(F)(F)CO1. The second-order valence-electron chi connectivity index (χ2n) is 4.24. The maximum Gasteiger partial charge on any atom is 0.408 e. The molecule has 0 unspecified atom stereocenters. The van der Waals surface area contributed by atoms with Crippen LogP contribution in [0.2, 0.25) is 0 Å². The Morgan fingerprint density at radius 2 is 2.17 bits per heavy atom. The molecule has 1 aromatic carbocycles. The van der Waals surface area contributed by atoms with Crippen LogP contribution in [-0.4, -0.2) is 23.6 Å². The van der Waals surface area contributed by atoms with E-state index in [1.54, 1.807) is 30.5 Å². The molecular formula is C12H10F2N2O2. The summed E-state index contributed by atoms with van der Waals surface area (Å²) in [5, 5.41) is 2.98. The molecule has 1 saturated heterocycles. The molecule has 0 saturated carbocycles. The Balaban J connectivity index is 2.03. The first-order valence-electron chi connectivity index (χ1n) is 5.44. The minimum absolute atomic E-state index is 0.365. The highest BCUT2D eigenvalue weighted by Crippen LogP contribution is 2.35. The van der Waals surface area contributed by atoms with Crippen molar-refractivity contribution in [2.75, 3.05) is 6.61 Å². The van der Waals surface area contributed by atoms with Crippen LogP contribution in [-0.2, 0) is 4.74 Å². The molecule has 0 radical (unpaired) electrons. The van der Waals surface area contributed by atoms with E-state index in [1.165, 1.54) is 0 Å². The number of nitrogens with one attached hydrogen (secondary N) is 2. The lowest BCUT2D eigenvalue weighted by Crippen LogP contribution is -2.49. The molecular weight excluding hydrogens is 242 g/mol. The van der Waals surface area contributed by atoms with E-state index in [2.05, 4.69) is 15.0 Å². The van der Waals surface area contributed by atoms with Gasteiger partial charge in [0.15, 0.2) is 6.61 Å². The van der Waals surface area contributed by atoms with Gasteiger partial charge in [-0.05, 0) is 29.1 Å². The van der Waals surface area contributed by atoms with Crippen molar-refractivity contribution in [3.05, 3.63) is 36.0 Å². The van der Waals surface area contributed by atoms with Gasteiger partial charge in [0, 0.05) is 11.7 Å². The number of carbonyl (C=O) groups excluding carboxylic acids is 1. The molecule has 1 fully saturated rings. The lowest BCUT2D eigenvalue weighted by Gasteiger charge is -2.31. The molecule has 6 heteroatoms. The highest BCUT2D eigenvalue weighted by atomic mass is 19.3. The third-order valence-electron chi connectivity index (χ3n) is 2.99. The number of H-pyrrole nitrogens is 1. The molecule has 1 aliphatic rings. The van der Waals surface area contributed by atoms with Crippen LogP contribution in [0, 0.1) is 0 Å². The minimum Gasteiger partial charge on any atom is -0.443 e. The number of cyclic esters (lactones) is 1. The zero-order valence-corrected chi connectivity index (χ0v) is 9.24. The predicted molar refractivity (Wildman–Crippen MR) is 60.5 cm³/mol. The van der Waals surface area contributed by atoms with Crippen LogP contribution in [0.4, 0.5) is 13.6 Å². The van der Waals surface area contributed by atoms with Gasteiger partial charge in [-0.15, -0.1) is 0 Å². The van der Waals surface area contributed by atoms with Crippen molar-refractivity contribution in [1.29, 1.82) is 0 Å². The van der Waals surface area contributed by atoms with E-state index in [-0.39, 0.29) is 0 Å². The van der Waals surface area contributed by atoms with Crippen LogP contribution in [0.1, 0.15) is 11.6 Å². The largest absolute Gasteiger partial charge is 0.443 e. The summed E-state index contributed by atoms with van der Waals surface area (Å²) in [4.78, 5) is 14.1. The second kappa shape index (κ2) is 3.69. The van der Waals surface area contributed by atoms with E-state index in [1.807, 2.05) is 0 Å². The highest BCUT2D eigenvalue weighted by Gasteiger charge is 2.46. The molecule has 2 N–H and O–H groups in total. The first-order chi connectivity index (χ1) is 8.56. The average molecular weight is 252 g/mol. The number of alkyl carbamates (subject to hydrolysis) is 1. The number of ether oxygens (including phenoxy) is 1. The number of hydrogen-bond acceptors (Lipinski definition) is 2. The first kappa shape index (κ1) is 11.0. The predicted octanol–water partition coefficient (Wildman–Crippen LogP) is 2.58. The van der Waals surface area contributed by atoms with Crippen molar-refractivity contribution in [2.24, 2.45) is 0 Å². The van der Waals surface area contributed by atoms with E-state index in [0.717, 1.165) is 10.9 Å². The van der Waals surface area contributed by atoms with Gasteiger partial charge in [0.05, 0.1) is 0 Å². The van der Waals surface area contributed by atoms with Gasteiger partial charge >= 0.3 is 12.0 Å². The Morgan fingerprint density at radius 1 is 1.33 bits per heavy atom. The molecule has 94 valence electrons. The average Bonchev–Trinajstić information content (AvgIpc) is 2.79. The number of carbonyl (C=O) groups is 1. The monoisotopic (exact) mass is 252 g/mol. The van der Waals surface area contributed by atoms with Gasteiger partial charge in [0.2, 0.25) is 0 Å². The third-order valence-corrected chi connectivity index (χ3v) is 2.99. The molecule has 0 bridgehead atoms. The molecule has 1 aliphatic heterocycles. The number of hydrogen-bond donors (Lipinski definition) is 2. The van der Waals surface area contributed by atoms with Gasteiger partial charge in [0.25, 0.3) is 0 Å². The van der Waals surface area contributed by atoms with Crippen LogP contribution >= 0.6 is 0 Å². The molecule has 0 aliphatic carbocycles. The summed E-state index contributed by atoms with van der Waals surface area (Å²) in [7, 11) is 0. The number of aromatic amines is 1. The quantitative estimate of drug-likeness (QED) is 0.819. The number of rotatable bonds is 1. The van der Waals surface area contributed by atoms with Gasteiger partial charge in [0.1, 0.15) is 6.04 Å². The summed E-state index contributed by atoms with van der Waals surface area (Å²) in [6.45, 7) is -0.894. The lowest BCUT2D eigenvalue weighted by molar-refractivity contribution is -0.104. The fourth-order valence-corrected chi connectivity index (χ4v) is 2.09. The molecule has 0 spiro atoms. The van der Waals surface area contributed by atoms with E-state index in [0.29, 0.717) is 5.56 Å². The van der Waals surface area contributed by atoms with Crippen LogP contribution in [0.3, 0.4) is 0 Å². The summed E-state index contributed by atoms with van der Waals surface area (Å²) in [6, 6.07) is 5.36. The number of aromatic nitrogens is 1. The van der Waals surface area contributed by atoms with Gasteiger partial charge < -0.3 is 15.0 Å². The van der Waals surface area contributed by atoms with Crippen molar-refractivity contribution in [3.8, 4) is 0 Å². The summed E-state index contributed by atoms with van der Waals surface area (Å²) in [6.07, 6.45) is 0.912. The van der Waals surface area contributed by atoms with Crippen molar-refractivity contribution in [2.45, 2.75) is 12.0 Å². The zero-order valence-electron chi connectivity index (χ0n) is 9.24. The molecule has 18 heavy (non-hydrogen) atoms. The highest BCUT2D eigenvalue weighted by molar-refractivity contribution is 5.80. The smallest absolute Gasteiger partial charge is 0.408 e. The van der Waals surface area contributed by atoms with E-state index < -0.39 is 24.7 Å². The van der Waals surface area contributed by atoms with Crippen molar-refractivity contribution < 1.29 is 18.3 Å². The molecule has 1 atom stereocenters. The van der Waals surface area contributed by atoms with Crippen LogP contribution < -0.4 is 5.32 Å². The number of amides is 1. The van der Waals surface area contributed by atoms with E-state index >= 15 is 0 Å². The van der Waals surface area contributed by atoms with Crippen LogP contribution in [0.25, 0.3) is 10.9 Å². The van der Waals surface area contributed by atoms with Crippen LogP contribution in [0.15, 0.2) is 30.5 Å². The summed E-state index contributed by atoms with van der Waals surface area (Å²) in [5.41, 5.74) is 1.23. The van der Waals surface area contributed by atoms with Crippen molar-refractivity contribution >= 4 is 17.0 Å². The number of alkyl halides is 2. The Bertz CT molecular complexity index is 609. The third kappa shape index (κ3) is 1.70. The summed E-state index contributed by atoms with van der Waals surface area (Å²) in [5.74, 6) is -3.11. The molecule has 1 aromatic heterocycles. The Morgan fingerprint density at radius 3 is 3.00 bits per heavy atom. The van der Waals surface area contributed by atoms with E-state index in [4.69, 9.17) is 0 Å². The molecule has 2 aromatic rings. The molecule has 3 rings (SSSR count). The van der Waals surface area contributed by atoms with Gasteiger partial charge in [-0.3, -0.25) is 0 Å². The van der Waals surface area contributed by atoms with Gasteiger partial charge in [-0.2, -0.15) is 0 Å². The first-order valence-corrected chi connectivity index (χ1v) is 5.44. The minimum atomic E-state index is -3.11. The van der Waals surface area contributed by atoms with Crippen LogP contribution in [0.5, 0.6) is 0 Å². The fraction of sp³-hybridized carbons (Fsp3) is 0.250. The Hall–Kier alpha value is -2.11. The zero-order chi connectivity index (χ0) is 12.8. The lowest BCUT2D eigenvalue weighted by atomic mass is 9.99.